The van der Waals surface area contributed by atoms with Crippen molar-refractivity contribution in [3.63, 3.8) is 0 Å². The molecular formula is C47H43BN2. The summed E-state index contributed by atoms with van der Waals surface area (Å²) in [7, 11) is 0.892. The van der Waals surface area contributed by atoms with Crippen molar-refractivity contribution in [2.45, 2.75) is 76.4 Å². The zero-order chi connectivity index (χ0) is 34.2. The zero-order valence-corrected chi connectivity index (χ0v) is 29.8. The van der Waals surface area contributed by atoms with Gasteiger partial charge in [0.25, 0.3) is 0 Å². The minimum absolute atomic E-state index is 0.0838. The van der Waals surface area contributed by atoms with Crippen LogP contribution in [0, 0.1) is 17.8 Å². The molecule has 4 aromatic carbocycles. The molecule has 5 aliphatic rings. The van der Waals surface area contributed by atoms with Crippen molar-refractivity contribution in [2.75, 3.05) is 4.90 Å². The molecule has 244 valence electrons. The second-order valence-electron chi connectivity index (χ2n) is 15.8. The van der Waals surface area contributed by atoms with Gasteiger partial charge in [0.2, 0.25) is 0 Å². The van der Waals surface area contributed by atoms with Crippen LogP contribution < -0.4 is 21.1 Å². The summed E-state index contributed by atoms with van der Waals surface area (Å²) in [6.07, 6.45) is 13.1. The Bertz CT molecular complexity index is 2360. The van der Waals surface area contributed by atoms with E-state index in [9.17, 15) is 0 Å². The van der Waals surface area contributed by atoms with Crippen LogP contribution >= 0.6 is 0 Å². The van der Waals surface area contributed by atoms with Gasteiger partial charge in [-0.15, -0.1) is 0 Å². The van der Waals surface area contributed by atoms with E-state index < -0.39 is 0 Å². The maximum atomic E-state index is 4.21. The van der Waals surface area contributed by atoms with Crippen LogP contribution in [-0.2, 0) is 10.8 Å². The van der Waals surface area contributed by atoms with Crippen LogP contribution in [0.1, 0.15) is 64.2 Å². The first-order valence-corrected chi connectivity index (χ1v) is 18.3. The highest BCUT2D eigenvalue weighted by molar-refractivity contribution is 6.73. The van der Waals surface area contributed by atoms with Crippen LogP contribution in [0.25, 0.3) is 16.3 Å². The van der Waals surface area contributed by atoms with Crippen LogP contribution in [0.15, 0.2) is 132 Å². The third-order valence-corrected chi connectivity index (χ3v) is 12.2. The Labute approximate surface area is 297 Å². The lowest BCUT2D eigenvalue weighted by Gasteiger charge is -2.49. The number of hydrogen-bond acceptors (Lipinski definition) is 2. The molecule has 0 aromatic heterocycles. The molecule has 0 radical (unpaired) electrons. The number of rotatable bonds is 4. The van der Waals surface area contributed by atoms with Crippen LogP contribution in [0.3, 0.4) is 0 Å². The highest BCUT2D eigenvalue weighted by Gasteiger charge is 2.46. The number of nitrogens with one attached hydrogen (secondary N) is 1. The Morgan fingerprint density at radius 2 is 1.62 bits per heavy atom. The van der Waals surface area contributed by atoms with Gasteiger partial charge >= 0.3 is 0 Å². The Kier molecular flexibility index (Phi) is 7.18. The van der Waals surface area contributed by atoms with E-state index in [4.69, 9.17) is 0 Å². The maximum Gasteiger partial charge on any atom is 0.198 e. The quantitative estimate of drug-likeness (QED) is 0.137. The fourth-order valence-corrected chi connectivity index (χ4v) is 9.52. The molecule has 4 aliphatic carbocycles. The smallest absolute Gasteiger partial charge is 0.198 e. The van der Waals surface area contributed by atoms with Crippen LogP contribution in [0.5, 0.6) is 0 Å². The van der Waals surface area contributed by atoms with Crippen molar-refractivity contribution in [2.24, 2.45) is 5.92 Å². The van der Waals surface area contributed by atoms with Gasteiger partial charge in [-0.2, -0.15) is 0 Å². The lowest BCUT2D eigenvalue weighted by atomic mass is 9.54. The molecule has 4 unspecified atom stereocenters. The first kappa shape index (κ1) is 31.1. The predicted octanol–water partition coefficient (Wildman–Crippen LogP) is 8.21. The highest BCUT2D eigenvalue weighted by atomic mass is 15.2. The molecule has 0 saturated carbocycles. The summed E-state index contributed by atoms with van der Waals surface area (Å²) in [6.45, 7) is 12.0. The number of para-hydroxylation sites is 1. The van der Waals surface area contributed by atoms with E-state index in [0.29, 0.717) is 0 Å². The van der Waals surface area contributed by atoms with Crippen molar-refractivity contribution in [3.05, 3.63) is 149 Å². The third-order valence-electron chi connectivity index (χ3n) is 12.2. The maximum absolute atomic E-state index is 4.21. The van der Waals surface area contributed by atoms with E-state index in [2.05, 4.69) is 171 Å². The lowest BCUT2D eigenvalue weighted by molar-refractivity contribution is 0.431. The third kappa shape index (κ3) is 4.71. The fraction of sp³-hybridized carbons (Fsp3) is 0.277. The van der Waals surface area contributed by atoms with Crippen molar-refractivity contribution >= 4 is 45.9 Å². The molecule has 0 bridgehead atoms. The predicted molar refractivity (Wildman–Crippen MR) is 212 cm³/mol. The summed E-state index contributed by atoms with van der Waals surface area (Å²) in [5.74, 6) is 6.91. The first-order chi connectivity index (χ1) is 24.2. The van der Waals surface area contributed by atoms with Crippen LogP contribution in [-0.4, -0.2) is 25.4 Å². The minimum atomic E-state index is -0.129. The molecule has 1 N–H and O–H groups in total. The van der Waals surface area contributed by atoms with E-state index in [1.54, 1.807) is 5.57 Å². The summed E-state index contributed by atoms with van der Waals surface area (Å²) in [4.78, 5) is 2.58. The molecule has 0 spiro atoms. The van der Waals surface area contributed by atoms with Gasteiger partial charge in [0.1, 0.15) is 0 Å². The molecule has 4 aromatic rings. The zero-order valence-electron chi connectivity index (χ0n) is 29.8. The van der Waals surface area contributed by atoms with Crippen LogP contribution in [0.2, 0.25) is 0 Å². The van der Waals surface area contributed by atoms with Crippen molar-refractivity contribution in [1.29, 1.82) is 0 Å². The number of anilines is 2. The molecule has 3 heteroatoms. The minimum Gasteiger partial charge on any atom is -0.334 e. The Hall–Kier alpha value is -4.96. The molecule has 9 rings (SSSR count). The number of nitrogens with zero attached hydrogens (tertiary/aromatic N) is 1. The van der Waals surface area contributed by atoms with Gasteiger partial charge in [0.05, 0.1) is 6.04 Å². The normalized spacial score (nSPS) is 24.7. The molecule has 0 fully saturated rings. The Balaban J connectivity index is 1.32. The molecular weight excluding hydrogens is 603 g/mol. The van der Waals surface area contributed by atoms with Gasteiger partial charge in [-0.1, -0.05) is 141 Å². The van der Waals surface area contributed by atoms with E-state index in [-0.39, 0.29) is 34.9 Å². The fourth-order valence-electron chi connectivity index (χ4n) is 9.52. The van der Waals surface area contributed by atoms with Crippen molar-refractivity contribution in [1.82, 2.24) is 5.32 Å². The van der Waals surface area contributed by atoms with Gasteiger partial charge < -0.3 is 10.2 Å². The number of fused-ring (bicyclic) bond motifs is 4. The molecule has 0 amide bonds. The number of allylic oxidation sites excluding steroid dienone is 3. The summed E-state index contributed by atoms with van der Waals surface area (Å²) < 4.78 is 0. The summed E-state index contributed by atoms with van der Waals surface area (Å²) in [5.41, 5.74) is 20.4. The second-order valence-corrected chi connectivity index (χ2v) is 15.8. The van der Waals surface area contributed by atoms with Gasteiger partial charge in [-0.05, 0) is 94.2 Å². The van der Waals surface area contributed by atoms with E-state index in [1.165, 1.54) is 60.9 Å². The molecule has 1 aliphatic heterocycles. The lowest BCUT2D eigenvalue weighted by Crippen LogP contribution is -2.49. The first-order valence-electron chi connectivity index (χ1n) is 18.3. The van der Waals surface area contributed by atoms with Gasteiger partial charge in [0.15, 0.2) is 7.28 Å². The number of hydrogen-bond donors (Lipinski definition) is 1. The van der Waals surface area contributed by atoms with Crippen molar-refractivity contribution in [3.8, 4) is 11.8 Å². The molecule has 1 heterocycles. The van der Waals surface area contributed by atoms with Gasteiger partial charge in [0, 0.05) is 40.2 Å². The summed E-state index contributed by atoms with van der Waals surface area (Å²) in [5, 5.41) is 6.81. The summed E-state index contributed by atoms with van der Waals surface area (Å²) >= 11 is 0. The van der Waals surface area contributed by atoms with E-state index >= 15 is 0 Å². The topological polar surface area (TPSA) is 15.3 Å². The standard InChI is InChI=1S/C47H43BN2/c1-30-17-9-15-25-40(30)49-41-29-38-37(46(2,3)35-22-12-13-23-36(35)47(38,4)5)28-34(41)44-33-21-11-10-18-31(33)27-43-45(44)48-39-24-14-16-26-42(39)50(43)32-19-7-6-8-20-32/h7,10-16,18,20-28,30,32,40-41,48-49H,19,29H2,1-5H3. The largest absolute Gasteiger partial charge is 0.334 e. The molecule has 2 nitrogen and oxygen atoms in total. The molecule has 4 atom stereocenters. The average molecular weight is 647 g/mol. The Morgan fingerprint density at radius 1 is 0.860 bits per heavy atom. The highest BCUT2D eigenvalue weighted by Crippen LogP contribution is 2.54. The van der Waals surface area contributed by atoms with Crippen LogP contribution in [0.4, 0.5) is 11.4 Å². The number of benzene rings is 4. The average Bonchev–Trinajstić information content (AvgIpc) is 3.13. The second kappa shape index (κ2) is 11.6. The van der Waals surface area contributed by atoms with Crippen molar-refractivity contribution < 1.29 is 0 Å². The van der Waals surface area contributed by atoms with E-state index in [0.717, 1.165) is 20.1 Å². The monoisotopic (exact) mass is 646 g/mol. The van der Waals surface area contributed by atoms with Gasteiger partial charge in [-0.3, -0.25) is 0 Å². The molecule has 0 saturated heterocycles. The molecule has 50 heavy (non-hydrogen) atoms. The van der Waals surface area contributed by atoms with Gasteiger partial charge in [-0.25, -0.2) is 0 Å². The SMILES string of the molecule is CC1C#CC=CC1NC1CC2=C(C=C1c1c3c(cc4ccccc14)N(C1C=C=C=CC1)c1ccccc1B3)C(C)(C)c1ccccc1C2(C)C. The Morgan fingerprint density at radius 3 is 2.42 bits per heavy atom. The summed E-state index contributed by atoms with van der Waals surface area (Å²) in [6, 6.07) is 30.1. The van der Waals surface area contributed by atoms with E-state index in [1.807, 2.05) is 6.08 Å².